The summed E-state index contributed by atoms with van der Waals surface area (Å²) < 4.78 is 5.93. The van der Waals surface area contributed by atoms with Gasteiger partial charge >= 0.3 is 5.97 Å². The Labute approximate surface area is 183 Å². The highest BCUT2D eigenvalue weighted by Gasteiger charge is 2.21. The number of para-hydroxylation sites is 1. The van der Waals surface area contributed by atoms with Crippen molar-refractivity contribution in [2.24, 2.45) is 0 Å². The van der Waals surface area contributed by atoms with Crippen LogP contribution in [0.15, 0.2) is 48.5 Å². The quantitative estimate of drug-likeness (QED) is 0.384. The van der Waals surface area contributed by atoms with Crippen molar-refractivity contribution < 1.29 is 24.2 Å². The fourth-order valence-electron chi connectivity index (χ4n) is 3.20. The SMILES string of the molecule is CC(=O)c1ccc(C(=O)N(Cc2ccccc2OCCCCCC(=O)O)C(C)C)cc1. The van der Waals surface area contributed by atoms with Crippen LogP contribution in [-0.2, 0) is 11.3 Å². The average Bonchev–Trinajstić information content (AvgIpc) is 2.74. The van der Waals surface area contributed by atoms with E-state index in [0.29, 0.717) is 30.7 Å². The molecule has 31 heavy (non-hydrogen) atoms. The summed E-state index contributed by atoms with van der Waals surface area (Å²) in [6.45, 7) is 6.33. The maximum atomic E-state index is 13.1. The van der Waals surface area contributed by atoms with Crippen molar-refractivity contribution in [1.82, 2.24) is 4.90 Å². The van der Waals surface area contributed by atoms with Crippen LogP contribution in [-0.4, -0.2) is 40.3 Å². The van der Waals surface area contributed by atoms with Gasteiger partial charge in [-0.15, -0.1) is 0 Å². The number of carbonyl (C=O) groups is 3. The van der Waals surface area contributed by atoms with Crippen molar-refractivity contribution in [3.63, 3.8) is 0 Å². The van der Waals surface area contributed by atoms with Gasteiger partial charge in [0.2, 0.25) is 0 Å². The predicted octanol–water partition coefficient (Wildman–Crippen LogP) is 4.96. The van der Waals surface area contributed by atoms with E-state index in [4.69, 9.17) is 9.84 Å². The molecule has 2 rings (SSSR count). The topological polar surface area (TPSA) is 83.9 Å². The molecule has 0 spiro atoms. The van der Waals surface area contributed by atoms with Crippen LogP contribution < -0.4 is 4.74 Å². The van der Waals surface area contributed by atoms with Gasteiger partial charge in [-0.2, -0.15) is 0 Å². The summed E-state index contributed by atoms with van der Waals surface area (Å²) in [7, 11) is 0. The molecule has 0 bridgehead atoms. The minimum Gasteiger partial charge on any atom is -0.493 e. The van der Waals surface area contributed by atoms with Crippen molar-refractivity contribution >= 4 is 17.7 Å². The monoisotopic (exact) mass is 425 g/mol. The molecule has 1 amide bonds. The third-order valence-electron chi connectivity index (χ3n) is 5.03. The van der Waals surface area contributed by atoms with E-state index in [-0.39, 0.29) is 24.2 Å². The summed E-state index contributed by atoms with van der Waals surface area (Å²) in [5.41, 5.74) is 2.03. The molecule has 6 heteroatoms. The van der Waals surface area contributed by atoms with Gasteiger partial charge in [-0.25, -0.2) is 0 Å². The van der Waals surface area contributed by atoms with Crippen LogP contribution in [0.5, 0.6) is 5.75 Å². The smallest absolute Gasteiger partial charge is 0.303 e. The molecular formula is C25H31NO5. The number of amides is 1. The number of unbranched alkanes of at least 4 members (excludes halogenated alkanes) is 2. The lowest BCUT2D eigenvalue weighted by Crippen LogP contribution is -2.36. The molecule has 0 aliphatic carbocycles. The Morgan fingerprint density at radius 3 is 2.19 bits per heavy atom. The first-order chi connectivity index (χ1) is 14.8. The fraction of sp³-hybridized carbons (Fsp3) is 0.400. The third-order valence-corrected chi connectivity index (χ3v) is 5.03. The Kier molecular flexibility index (Phi) is 9.25. The molecule has 0 aliphatic rings. The number of Topliss-reactive ketones (excluding diaryl/α,β-unsaturated/α-hetero) is 1. The van der Waals surface area contributed by atoms with E-state index in [9.17, 15) is 14.4 Å². The molecule has 0 unspecified atom stereocenters. The van der Waals surface area contributed by atoms with Gasteiger partial charge in [0.15, 0.2) is 5.78 Å². The first-order valence-corrected chi connectivity index (χ1v) is 10.6. The number of hydrogen-bond acceptors (Lipinski definition) is 4. The van der Waals surface area contributed by atoms with Crippen LogP contribution in [0.1, 0.15) is 72.7 Å². The van der Waals surface area contributed by atoms with E-state index < -0.39 is 5.97 Å². The van der Waals surface area contributed by atoms with Crippen molar-refractivity contribution in [2.75, 3.05) is 6.61 Å². The van der Waals surface area contributed by atoms with Crippen LogP contribution in [0.4, 0.5) is 0 Å². The molecule has 0 saturated heterocycles. The molecule has 0 radical (unpaired) electrons. The minimum atomic E-state index is -0.777. The van der Waals surface area contributed by atoms with Crippen molar-refractivity contribution in [3.05, 3.63) is 65.2 Å². The zero-order valence-corrected chi connectivity index (χ0v) is 18.5. The molecule has 6 nitrogen and oxygen atoms in total. The summed E-state index contributed by atoms with van der Waals surface area (Å²) >= 11 is 0. The Bertz CT molecular complexity index is 889. The van der Waals surface area contributed by atoms with Crippen molar-refractivity contribution in [3.8, 4) is 5.75 Å². The standard InChI is InChI=1S/C25H31NO5/c1-18(2)26(25(30)21-14-12-20(13-15-21)19(3)27)17-22-9-6-7-10-23(22)31-16-8-4-5-11-24(28)29/h6-7,9-10,12-15,18H,4-5,8,11,16-17H2,1-3H3,(H,28,29). The van der Waals surface area contributed by atoms with Gasteiger partial charge in [0.1, 0.15) is 5.75 Å². The number of ketones is 1. The summed E-state index contributed by atoms with van der Waals surface area (Å²) in [5, 5.41) is 8.70. The summed E-state index contributed by atoms with van der Waals surface area (Å²) in [4.78, 5) is 37.0. The van der Waals surface area contributed by atoms with Crippen molar-refractivity contribution in [2.45, 2.75) is 59.0 Å². The first-order valence-electron chi connectivity index (χ1n) is 10.6. The number of ether oxygens (including phenoxy) is 1. The highest BCUT2D eigenvalue weighted by molar-refractivity contribution is 5.97. The molecule has 0 fully saturated rings. The molecule has 2 aromatic carbocycles. The van der Waals surface area contributed by atoms with Gasteiger partial charge in [-0.1, -0.05) is 30.3 Å². The van der Waals surface area contributed by atoms with E-state index in [2.05, 4.69) is 0 Å². The van der Waals surface area contributed by atoms with E-state index in [0.717, 1.165) is 24.2 Å². The van der Waals surface area contributed by atoms with Crippen LogP contribution in [0.25, 0.3) is 0 Å². The van der Waals surface area contributed by atoms with Crippen LogP contribution in [0.3, 0.4) is 0 Å². The van der Waals surface area contributed by atoms with Crippen molar-refractivity contribution in [1.29, 1.82) is 0 Å². The van der Waals surface area contributed by atoms with Gasteiger partial charge in [0, 0.05) is 35.7 Å². The summed E-state index contributed by atoms with van der Waals surface area (Å²) in [6.07, 6.45) is 2.38. The third kappa shape index (κ3) is 7.55. The van der Waals surface area contributed by atoms with Crippen LogP contribution in [0, 0.1) is 0 Å². The maximum absolute atomic E-state index is 13.1. The average molecular weight is 426 g/mol. The van der Waals surface area contributed by atoms with Gasteiger partial charge < -0.3 is 14.7 Å². The fourth-order valence-corrected chi connectivity index (χ4v) is 3.20. The number of nitrogens with zero attached hydrogens (tertiary/aromatic N) is 1. The molecule has 0 saturated carbocycles. The number of carboxylic acid groups (broad SMARTS) is 1. The molecule has 1 N–H and O–H groups in total. The first kappa shape index (κ1) is 24.1. The molecule has 0 aromatic heterocycles. The normalized spacial score (nSPS) is 10.7. The van der Waals surface area contributed by atoms with Gasteiger partial charge in [0.05, 0.1) is 6.61 Å². The highest BCUT2D eigenvalue weighted by Crippen LogP contribution is 2.23. The van der Waals surface area contributed by atoms with Gasteiger partial charge in [-0.3, -0.25) is 14.4 Å². The Hall–Kier alpha value is -3.15. The van der Waals surface area contributed by atoms with E-state index in [1.54, 1.807) is 29.2 Å². The minimum absolute atomic E-state index is 0.0240. The zero-order valence-electron chi connectivity index (χ0n) is 18.5. The number of rotatable bonds is 12. The molecule has 0 heterocycles. The summed E-state index contributed by atoms with van der Waals surface area (Å²) in [5.74, 6) is -0.186. The maximum Gasteiger partial charge on any atom is 0.303 e. The second kappa shape index (κ2) is 11.9. The number of carboxylic acids is 1. The zero-order chi connectivity index (χ0) is 22.8. The van der Waals surface area contributed by atoms with Crippen LogP contribution >= 0.6 is 0 Å². The molecular weight excluding hydrogens is 394 g/mol. The molecule has 166 valence electrons. The largest absolute Gasteiger partial charge is 0.493 e. The number of benzene rings is 2. The number of carbonyl (C=O) groups excluding carboxylic acids is 2. The summed E-state index contributed by atoms with van der Waals surface area (Å²) in [6, 6.07) is 14.3. The molecule has 2 aromatic rings. The lowest BCUT2D eigenvalue weighted by Gasteiger charge is -2.28. The van der Waals surface area contributed by atoms with E-state index in [1.807, 2.05) is 38.1 Å². The lowest BCUT2D eigenvalue weighted by atomic mass is 10.1. The van der Waals surface area contributed by atoms with Gasteiger partial charge in [0.25, 0.3) is 5.91 Å². The van der Waals surface area contributed by atoms with E-state index in [1.165, 1.54) is 6.92 Å². The second-order valence-electron chi connectivity index (χ2n) is 7.82. The van der Waals surface area contributed by atoms with E-state index >= 15 is 0 Å². The molecule has 0 atom stereocenters. The Morgan fingerprint density at radius 1 is 0.935 bits per heavy atom. The predicted molar refractivity (Wildman–Crippen MR) is 119 cm³/mol. The van der Waals surface area contributed by atoms with Gasteiger partial charge in [-0.05, 0) is 58.2 Å². The Morgan fingerprint density at radius 2 is 1.58 bits per heavy atom. The highest BCUT2D eigenvalue weighted by atomic mass is 16.5. The lowest BCUT2D eigenvalue weighted by molar-refractivity contribution is -0.137. The Balaban J connectivity index is 2.05. The number of aliphatic carboxylic acids is 1. The second-order valence-corrected chi connectivity index (χ2v) is 7.82. The number of hydrogen-bond donors (Lipinski definition) is 1. The van der Waals surface area contributed by atoms with Crippen LogP contribution in [0.2, 0.25) is 0 Å². The molecule has 0 aliphatic heterocycles.